The fourth-order valence-electron chi connectivity index (χ4n) is 3.01. The van der Waals surface area contributed by atoms with Gasteiger partial charge in [-0.25, -0.2) is 0 Å². The Kier molecular flexibility index (Phi) is 1.96. The van der Waals surface area contributed by atoms with Gasteiger partial charge in [-0.05, 0) is 24.6 Å². The van der Waals surface area contributed by atoms with Crippen molar-refractivity contribution >= 4 is 6.08 Å². The Labute approximate surface area is 98.8 Å². The number of aromatic nitrogens is 1. The molecular weight excluding hydrogens is 216 g/mol. The molecule has 1 saturated carbocycles. The minimum absolute atomic E-state index is 0.0818. The number of nitrogens with zero attached hydrogens (tertiary/aromatic N) is 2. The van der Waals surface area contributed by atoms with Crippen LogP contribution in [0, 0.1) is 16.0 Å². The summed E-state index contributed by atoms with van der Waals surface area (Å²) in [4.78, 5) is 15.6. The molecule has 0 saturated heterocycles. The smallest absolute Gasteiger partial charge is 0.259 e. The average Bonchev–Trinajstić information content (AvgIpc) is 2.67. The Morgan fingerprint density at radius 3 is 3.18 bits per heavy atom. The van der Waals surface area contributed by atoms with Crippen LogP contribution in [0.5, 0.6) is 0 Å². The molecule has 2 aliphatic carbocycles. The third-order valence-corrected chi connectivity index (χ3v) is 3.76. The van der Waals surface area contributed by atoms with Crippen molar-refractivity contribution in [3.8, 4) is 0 Å². The summed E-state index contributed by atoms with van der Waals surface area (Å²) in [6.07, 6.45) is 6.59. The highest BCUT2D eigenvalue weighted by molar-refractivity contribution is 5.57. The van der Waals surface area contributed by atoms with Crippen LogP contribution < -0.4 is 0 Å². The van der Waals surface area contributed by atoms with Crippen LogP contribution in [-0.2, 0) is 5.54 Å². The maximum Gasteiger partial charge on any atom is 0.259 e. The highest BCUT2D eigenvalue weighted by Crippen LogP contribution is 2.51. The molecule has 0 spiro atoms. The summed E-state index contributed by atoms with van der Waals surface area (Å²) in [5.41, 5.74) is 1.37. The second kappa shape index (κ2) is 3.26. The third kappa shape index (κ3) is 1.21. The zero-order chi connectivity index (χ0) is 12.0. The minimum atomic E-state index is -1.03. The quantitative estimate of drug-likeness (QED) is 0.421. The largest absolute Gasteiger partial charge is 0.264 e. The van der Waals surface area contributed by atoms with Gasteiger partial charge in [0.25, 0.3) is 5.54 Å². The van der Waals surface area contributed by atoms with Gasteiger partial charge in [-0.2, -0.15) is 0 Å². The molecule has 0 aromatic carbocycles. The standard InChI is InChI=1S/C13H12N2O2/c1-9-7-10-4-5-12-11(3-2-6-14-12)13(10,8-9)15(16)17/h2-6,10H,1,7-8H2/t10-,13-/m0/s1. The van der Waals surface area contributed by atoms with E-state index in [9.17, 15) is 10.1 Å². The van der Waals surface area contributed by atoms with Crippen LogP contribution in [0.15, 0.2) is 36.6 Å². The molecule has 4 heteroatoms. The average molecular weight is 228 g/mol. The third-order valence-electron chi connectivity index (χ3n) is 3.76. The number of fused-ring (bicyclic) bond motifs is 3. The number of hydrogen-bond donors (Lipinski definition) is 0. The first kappa shape index (κ1) is 10.2. The maximum atomic E-state index is 11.6. The van der Waals surface area contributed by atoms with Gasteiger partial charge in [-0.1, -0.05) is 18.2 Å². The topological polar surface area (TPSA) is 56.0 Å². The number of nitro groups is 1. The number of pyridine rings is 1. The lowest BCUT2D eigenvalue weighted by Crippen LogP contribution is -2.40. The minimum Gasteiger partial charge on any atom is -0.264 e. The van der Waals surface area contributed by atoms with E-state index in [1.54, 1.807) is 12.3 Å². The monoisotopic (exact) mass is 228 g/mol. The Hall–Kier alpha value is -1.97. The van der Waals surface area contributed by atoms with Gasteiger partial charge in [0.05, 0.1) is 17.2 Å². The van der Waals surface area contributed by atoms with E-state index in [4.69, 9.17) is 0 Å². The first-order chi connectivity index (χ1) is 8.14. The fraction of sp³-hybridized carbons (Fsp3) is 0.308. The predicted molar refractivity (Wildman–Crippen MR) is 63.8 cm³/mol. The van der Waals surface area contributed by atoms with Crippen LogP contribution in [0.25, 0.3) is 6.08 Å². The highest BCUT2D eigenvalue weighted by Gasteiger charge is 2.57. The molecule has 0 N–H and O–H groups in total. The fourth-order valence-corrected chi connectivity index (χ4v) is 3.01. The van der Waals surface area contributed by atoms with Crippen molar-refractivity contribution in [2.75, 3.05) is 0 Å². The maximum absolute atomic E-state index is 11.6. The zero-order valence-corrected chi connectivity index (χ0v) is 9.30. The van der Waals surface area contributed by atoms with E-state index in [0.717, 1.165) is 16.8 Å². The Morgan fingerprint density at radius 2 is 2.41 bits per heavy atom. The van der Waals surface area contributed by atoms with Crippen molar-refractivity contribution in [1.29, 1.82) is 0 Å². The van der Waals surface area contributed by atoms with E-state index in [0.29, 0.717) is 12.8 Å². The van der Waals surface area contributed by atoms with E-state index in [2.05, 4.69) is 11.6 Å². The SMILES string of the molecule is C=C1C[C@@H]2C=Cc3ncccc3[C@]2([N+](=O)[O-])C1. The second-order valence-electron chi connectivity index (χ2n) is 4.71. The predicted octanol–water partition coefficient (Wildman–Crippen LogP) is 2.55. The molecule has 1 fully saturated rings. The highest BCUT2D eigenvalue weighted by atomic mass is 16.6. The molecule has 86 valence electrons. The molecule has 17 heavy (non-hydrogen) atoms. The summed E-state index contributed by atoms with van der Waals surface area (Å²) >= 11 is 0. The van der Waals surface area contributed by atoms with Crippen LogP contribution in [0.2, 0.25) is 0 Å². The second-order valence-corrected chi connectivity index (χ2v) is 4.71. The lowest BCUT2D eigenvalue weighted by atomic mass is 9.76. The van der Waals surface area contributed by atoms with Crippen LogP contribution in [-0.4, -0.2) is 9.91 Å². The molecule has 0 bridgehead atoms. The van der Waals surface area contributed by atoms with E-state index in [1.165, 1.54) is 0 Å². The molecule has 3 rings (SSSR count). The molecule has 1 heterocycles. The van der Waals surface area contributed by atoms with Crippen molar-refractivity contribution in [1.82, 2.24) is 4.98 Å². The molecule has 0 amide bonds. The summed E-state index contributed by atoms with van der Waals surface area (Å²) in [5, 5.41) is 11.6. The summed E-state index contributed by atoms with van der Waals surface area (Å²) in [5.74, 6) is -0.0818. The molecule has 1 aromatic heterocycles. The first-order valence-electron chi connectivity index (χ1n) is 5.59. The summed E-state index contributed by atoms with van der Waals surface area (Å²) in [7, 11) is 0. The molecular formula is C13H12N2O2. The number of rotatable bonds is 1. The van der Waals surface area contributed by atoms with Gasteiger partial charge in [0.1, 0.15) is 0 Å². The van der Waals surface area contributed by atoms with Gasteiger partial charge in [0.15, 0.2) is 0 Å². The molecule has 1 aromatic rings. The van der Waals surface area contributed by atoms with Gasteiger partial charge in [0.2, 0.25) is 0 Å². The lowest BCUT2D eigenvalue weighted by Gasteiger charge is -2.29. The molecule has 2 atom stereocenters. The summed E-state index contributed by atoms with van der Waals surface area (Å²) in [6, 6.07) is 3.58. The molecule has 0 aliphatic heterocycles. The number of hydrogen-bond acceptors (Lipinski definition) is 3. The van der Waals surface area contributed by atoms with Crippen LogP contribution in [0.4, 0.5) is 0 Å². The van der Waals surface area contributed by atoms with Crippen molar-refractivity contribution in [2.24, 2.45) is 5.92 Å². The summed E-state index contributed by atoms with van der Waals surface area (Å²) < 4.78 is 0. The van der Waals surface area contributed by atoms with E-state index < -0.39 is 5.54 Å². The first-order valence-corrected chi connectivity index (χ1v) is 5.59. The van der Waals surface area contributed by atoms with Gasteiger partial charge in [-0.3, -0.25) is 15.1 Å². The van der Waals surface area contributed by atoms with Crippen LogP contribution in [0.1, 0.15) is 24.1 Å². The zero-order valence-electron chi connectivity index (χ0n) is 9.30. The van der Waals surface area contributed by atoms with Crippen LogP contribution in [0.3, 0.4) is 0 Å². The van der Waals surface area contributed by atoms with E-state index in [-0.39, 0.29) is 10.8 Å². The Bertz CT molecular complexity index is 550. The van der Waals surface area contributed by atoms with Gasteiger partial charge < -0.3 is 0 Å². The Morgan fingerprint density at radius 1 is 1.59 bits per heavy atom. The molecule has 0 radical (unpaired) electrons. The van der Waals surface area contributed by atoms with Crippen LogP contribution >= 0.6 is 0 Å². The normalized spacial score (nSPS) is 29.9. The molecule has 0 unspecified atom stereocenters. The van der Waals surface area contributed by atoms with E-state index in [1.807, 2.05) is 18.2 Å². The lowest BCUT2D eigenvalue weighted by molar-refractivity contribution is -0.584. The van der Waals surface area contributed by atoms with Gasteiger partial charge in [-0.15, -0.1) is 0 Å². The Balaban J connectivity index is 2.27. The van der Waals surface area contributed by atoms with Crippen molar-refractivity contribution in [3.05, 3.63) is 57.9 Å². The summed E-state index contributed by atoms with van der Waals surface area (Å²) in [6.45, 7) is 3.92. The van der Waals surface area contributed by atoms with Gasteiger partial charge >= 0.3 is 0 Å². The molecule has 2 aliphatic rings. The van der Waals surface area contributed by atoms with Crippen molar-refractivity contribution < 1.29 is 4.92 Å². The van der Waals surface area contributed by atoms with Gasteiger partial charge in [0, 0.05) is 17.5 Å². The van der Waals surface area contributed by atoms with Crippen molar-refractivity contribution in [2.45, 2.75) is 18.4 Å². The van der Waals surface area contributed by atoms with E-state index >= 15 is 0 Å². The molecule has 4 nitrogen and oxygen atoms in total. The van der Waals surface area contributed by atoms with Crippen molar-refractivity contribution in [3.63, 3.8) is 0 Å².